The summed E-state index contributed by atoms with van der Waals surface area (Å²) in [6.45, 7) is 2.13. The maximum Gasteiger partial charge on any atom is 0.445 e. The first kappa shape index (κ1) is 14.9. The van der Waals surface area contributed by atoms with Crippen molar-refractivity contribution in [3.63, 3.8) is 0 Å². The lowest BCUT2D eigenvalue weighted by atomic mass is 9.95. The Labute approximate surface area is 118 Å². The van der Waals surface area contributed by atoms with Crippen LogP contribution >= 0.6 is 23.1 Å². The molecule has 1 N–H and O–H groups in total. The van der Waals surface area contributed by atoms with Crippen molar-refractivity contribution in [1.29, 1.82) is 0 Å². The summed E-state index contributed by atoms with van der Waals surface area (Å²) in [5.74, 6) is 1.08. The van der Waals surface area contributed by atoms with Crippen LogP contribution in [0.25, 0.3) is 0 Å². The largest absolute Gasteiger partial charge is 0.445 e. The molecular weight excluding hydrogens is 295 g/mol. The van der Waals surface area contributed by atoms with Crippen molar-refractivity contribution in [3.8, 4) is 0 Å². The van der Waals surface area contributed by atoms with Crippen LogP contribution in [-0.4, -0.2) is 27.2 Å². The normalized spacial score (nSPS) is 24.4. The highest BCUT2D eigenvalue weighted by atomic mass is 32.2. The Bertz CT molecular complexity index is 406. The van der Waals surface area contributed by atoms with Crippen LogP contribution in [-0.2, 0) is 6.18 Å². The summed E-state index contributed by atoms with van der Waals surface area (Å²) in [6.07, 6.45) is -0.118. The number of hydrogen-bond donors (Lipinski definition) is 1. The lowest BCUT2D eigenvalue weighted by molar-refractivity contribution is -0.138. The minimum Gasteiger partial charge on any atom is -0.357 e. The Hall–Kier alpha value is -0.500. The molecule has 1 aromatic rings. The van der Waals surface area contributed by atoms with E-state index >= 15 is 0 Å². The second-order valence-electron chi connectivity index (χ2n) is 4.50. The van der Waals surface area contributed by atoms with Gasteiger partial charge in [0.15, 0.2) is 0 Å². The van der Waals surface area contributed by atoms with Crippen molar-refractivity contribution >= 4 is 28.2 Å². The van der Waals surface area contributed by atoms with Crippen LogP contribution in [0, 0.1) is 0 Å². The molecule has 108 valence electrons. The summed E-state index contributed by atoms with van der Waals surface area (Å²) in [4.78, 5) is 0. The second kappa shape index (κ2) is 6.30. The van der Waals surface area contributed by atoms with Gasteiger partial charge < -0.3 is 5.32 Å². The van der Waals surface area contributed by atoms with Crippen molar-refractivity contribution in [2.24, 2.45) is 0 Å². The molecule has 1 aromatic heterocycles. The lowest BCUT2D eigenvalue weighted by Crippen LogP contribution is -2.28. The number of nitrogens with zero attached hydrogens (tertiary/aromatic N) is 2. The van der Waals surface area contributed by atoms with Crippen molar-refractivity contribution in [3.05, 3.63) is 5.01 Å². The van der Waals surface area contributed by atoms with Gasteiger partial charge >= 0.3 is 6.18 Å². The lowest BCUT2D eigenvalue weighted by Gasteiger charge is -2.28. The van der Waals surface area contributed by atoms with Gasteiger partial charge in [-0.3, -0.25) is 0 Å². The highest BCUT2D eigenvalue weighted by molar-refractivity contribution is 7.99. The van der Waals surface area contributed by atoms with Gasteiger partial charge in [-0.05, 0) is 25.0 Å². The van der Waals surface area contributed by atoms with Crippen LogP contribution in [0.15, 0.2) is 0 Å². The van der Waals surface area contributed by atoms with Crippen LogP contribution in [0.3, 0.4) is 0 Å². The topological polar surface area (TPSA) is 37.8 Å². The van der Waals surface area contributed by atoms with E-state index in [2.05, 4.69) is 22.4 Å². The molecule has 1 fully saturated rings. The fourth-order valence-electron chi connectivity index (χ4n) is 2.23. The van der Waals surface area contributed by atoms with E-state index in [4.69, 9.17) is 0 Å². The first-order valence-corrected chi connectivity index (χ1v) is 8.14. The highest BCUT2D eigenvalue weighted by Crippen LogP contribution is 2.35. The number of halogens is 3. The van der Waals surface area contributed by atoms with Crippen LogP contribution in [0.1, 0.15) is 37.6 Å². The maximum absolute atomic E-state index is 12.4. The number of alkyl halides is 3. The molecule has 0 aromatic carbocycles. The molecule has 3 nitrogen and oxygen atoms in total. The molecule has 0 radical (unpaired) electrons. The molecule has 2 rings (SSSR count). The second-order valence-corrected chi connectivity index (χ2v) is 7.05. The summed E-state index contributed by atoms with van der Waals surface area (Å²) < 4.78 is 37.3. The van der Waals surface area contributed by atoms with Crippen LogP contribution in [0.2, 0.25) is 0 Å². The third-order valence-electron chi connectivity index (χ3n) is 3.02. The molecule has 1 aliphatic rings. The highest BCUT2D eigenvalue weighted by Gasteiger charge is 2.36. The van der Waals surface area contributed by atoms with Crippen molar-refractivity contribution in [1.82, 2.24) is 10.2 Å². The van der Waals surface area contributed by atoms with E-state index in [0.29, 0.717) is 16.6 Å². The van der Waals surface area contributed by atoms with E-state index in [-0.39, 0.29) is 11.2 Å². The Morgan fingerprint density at radius 3 is 2.79 bits per heavy atom. The van der Waals surface area contributed by atoms with E-state index in [1.54, 1.807) is 0 Å². The smallest absolute Gasteiger partial charge is 0.357 e. The molecule has 8 heteroatoms. The minimum absolute atomic E-state index is 0.215. The zero-order chi connectivity index (χ0) is 13.9. The zero-order valence-corrected chi connectivity index (χ0v) is 12.2. The Balaban J connectivity index is 1.92. The van der Waals surface area contributed by atoms with Gasteiger partial charge in [0.25, 0.3) is 0 Å². The molecule has 2 unspecified atom stereocenters. The zero-order valence-electron chi connectivity index (χ0n) is 10.5. The van der Waals surface area contributed by atoms with E-state index in [1.165, 1.54) is 6.42 Å². The molecule has 1 heterocycles. The van der Waals surface area contributed by atoms with Gasteiger partial charge in [0, 0.05) is 11.3 Å². The first-order chi connectivity index (χ1) is 8.99. The van der Waals surface area contributed by atoms with E-state index in [9.17, 15) is 13.2 Å². The molecule has 0 bridgehead atoms. The Kier molecular flexibility index (Phi) is 4.94. The van der Waals surface area contributed by atoms with Gasteiger partial charge in [-0.2, -0.15) is 24.9 Å². The number of rotatable bonds is 4. The van der Waals surface area contributed by atoms with E-state index < -0.39 is 11.2 Å². The molecule has 0 spiro atoms. The van der Waals surface area contributed by atoms with Crippen molar-refractivity contribution < 1.29 is 13.2 Å². The van der Waals surface area contributed by atoms with Gasteiger partial charge in [-0.1, -0.05) is 24.7 Å². The Morgan fingerprint density at radius 2 is 2.16 bits per heavy atom. The fourth-order valence-corrected chi connectivity index (χ4v) is 4.09. The standard InChI is InChI=1S/C11H16F3N3S2/c1-2-18-8-5-3-4-7(6-8)15-10-17-16-9(19-10)11(12,13)14/h7-8H,2-6H2,1H3,(H,15,17). The predicted octanol–water partition coefficient (Wildman–Crippen LogP) is 4.03. The summed E-state index contributed by atoms with van der Waals surface area (Å²) in [6, 6.07) is 0.215. The number of aromatic nitrogens is 2. The minimum atomic E-state index is -4.40. The summed E-state index contributed by atoms with van der Waals surface area (Å²) in [7, 11) is 0. The first-order valence-electron chi connectivity index (χ1n) is 6.28. The third-order valence-corrected chi connectivity index (χ3v) is 5.16. The number of nitrogens with one attached hydrogen (secondary N) is 1. The molecule has 0 amide bonds. The molecule has 0 aliphatic heterocycles. The van der Waals surface area contributed by atoms with Gasteiger partial charge in [0.2, 0.25) is 10.1 Å². The summed E-state index contributed by atoms with van der Waals surface area (Å²) in [5, 5.41) is 9.85. The average molecular weight is 311 g/mol. The number of anilines is 1. The molecule has 19 heavy (non-hydrogen) atoms. The molecule has 1 saturated carbocycles. The average Bonchev–Trinajstić information content (AvgIpc) is 2.78. The van der Waals surface area contributed by atoms with E-state index in [0.717, 1.165) is 25.0 Å². The number of hydrogen-bond acceptors (Lipinski definition) is 5. The van der Waals surface area contributed by atoms with Crippen LogP contribution in [0.5, 0.6) is 0 Å². The van der Waals surface area contributed by atoms with Crippen LogP contribution < -0.4 is 5.32 Å². The quantitative estimate of drug-likeness (QED) is 0.911. The maximum atomic E-state index is 12.4. The number of thioether (sulfide) groups is 1. The monoisotopic (exact) mass is 311 g/mol. The van der Waals surface area contributed by atoms with E-state index in [1.807, 2.05) is 11.8 Å². The fraction of sp³-hybridized carbons (Fsp3) is 0.818. The van der Waals surface area contributed by atoms with Crippen LogP contribution in [0.4, 0.5) is 18.3 Å². The Morgan fingerprint density at radius 1 is 1.37 bits per heavy atom. The molecule has 0 saturated heterocycles. The van der Waals surface area contributed by atoms with Gasteiger partial charge in [-0.25, -0.2) is 0 Å². The summed E-state index contributed by atoms with van der Waals surface area (Å²) in [5.41, 5.74) is 0. The predicted molar refractivity (Wildman–Crippen MR) is 72.7 cm³/mol. The molecular formula is C11H16F3N3S2. The van der Waals surface area contributed by atoms with Crippen molar-refractivity contribution in [2.45, 2.75) is 50.1 Å². The van der Waals surface area contributed by atoms with Gasteiger partial charge in [0.05, 0.1) is 0 Å². The SMILES string of the molecule is CCSC1CCCC(Nc2nnc(C(F)(F)F)s2)C1. The third kappa shape index (κ3) is 4.24. The van der Waals surface area contributed by atoms with Crippen molar-refractivity contribution in [2.75, 3.05) is 11.1 Å². The molecule has 2 atom stereocenters. The summed E-state index contributed by atoms with van der Waals surface area (Å²) >= 11 is 2.51. The van der Waals surface area contributed by atoms with Gasteiger partial charge in [-0.15, -0.1) is 10.2 Å². The van der Waals surface area contributed by atoms with Gasteiger partial charge in [0.1, 0.15) is 0 Å². The molecule has 1 aliphatic carbocycles.